The Morgan fingerprint density at radius 2 is 1.93 bits per heavy atom. The molecule has 0 bridgehead atoms. The van der Waals surface area contributed by atoms with E-state index in [2.05, 4.69) is 41.4 Å². The Hall–Kier alpha value is -2.65. The maximum atomic E-state index is 12.2. The van der Waals surface area contributed by atoms with Gasteiger partial charge in [-0.15, -0.1) is 10.2 Å². The number of rotatable bonds is 7. The topological polar surface area (TPSA) is 88.5 Å². The van der Waals surface area contributed by atoms with Crippen LogP contribution in [0.4, 0.5) is 5.69 Å². The van der Waals surface area contributed by atoms with Crippen LogP contribution in [0.5, 0.6) is 0 Å². The summed E-state index contributed by atoms with van der Waals surface area (Å²) in [4.78, 5) is 20.1. The van der Waals surface area contributed by atoms with E-state index in [1.807, 2.05) is 60.1 Å². The number of carbonyl (C=O) groups is 1. The van der Waals surface area contributed by atoms with Crippen LogP contribution in [0.2, 0.25) is 0 Å². The molecule has 2 aromatic carbocycles. The Kier molecular flexibility index (Phi) is 5.96. The molecule has 2 N–H and O–H groups in total. The van der Waals surface area contributed by atoms with Crippen LogP contribution < -0.4 is 5.32 Å². The lowest BCUT2D eigenvalue weighted by Gasteiger charge is -2.05. The number of aryl methyl sites for hydroxylation is 2. The van der Waals surface area contributed by atoms with Gasteiger partial charge >= 0.3 is 0 Å². The second kappa shape index (κ2) is 8.79. The van der Waals surface area contributed by atoms with Crippen LogP contribution in [0, 0.1) is 0 Å². The molecule has 4 aromatic rings. The molecule has 2 aromatic heterocycles. The Morgan fingerprint density at radius 1 is 1.14 bits per heavy atom. The number of carbonyl (C=O) groups excluding carboxylic acids is 1. The fourth-order valence-electron chi connectivity index (χ4n) is 2.90. The van der Waals surface area contributed by atoms with Crippen LogP contribution in [-0.4, -0.2) is 36.4 Å². The van der Waals surface area contributed by atoms with E-state index in [9.17, 15) is 4.79 Å². The lowest BCUT2D eigenvalue weighted by atomic mass is 10.3. The van der Waals surface area contributed by atoms with E-state index in [0.29, 0.717) is 0 Å². The van der Waals surface area contributed by atoms with Crippen molar-refractivity contribution in [2.24, 2.45) is 7.05 Å². The molecule has 1 amide bonds. The minimum atomic E-state index is -0.0795. The van der Waals surface area contributed by atoms with Crippen molar-refractivity contribution in [2.45, 2.75) is 18.0 Å². The van der Waals surface area contributed by atoms with Crippen molar-refractivity contribution in [1.82, 2.24) is 24.7 Å². The first kappa shape index (κ1) is 19.7. The molecule has 7 nitrogen and oxygen atoms in total. The number of imidazole rings is 1. The number of aromatic nitrogens is 5. The summed E-state index contributed by atoms with van der Waals surface area (Å²) in [5.74, 6) is 1.98. The first-order valence-corrected chi connectivity index (χ1v) is 10.9. The molecular weight excluding hydrogens is 452 g/mol. The summed E-state index contributed by atoms with van der Waals surface area (Å²) in [6, 6.07) is 15.5. The van der Waals surface area contributed by atoms with E-state index in [1.54, 1.807) is 0 Å². The van der Waals surface area contributed by atoms with E-state index in [0.717, 1.165) is 50.8 Å². The number of nitrogens with zero attached hydrogens (tertiary/aromatic N) is 4. The molecular formula is C20H19BrN6OS. The van der Waals surface area contributed by atoms with E-state index >= 15 is 0 Å². The molecule has 0 saturated carbocycles. The molecule has 0 radical (unpaired) electrons. The van der Waals surface area contributed by atoms with E-state index in [1.165, 1.54) is 11.8 Å². The van der Waals surface area contributed by atoms with Gasteiger partial charge in [0.2, 0.25) is 5.91 Å². The van der Waals surface area contributed by atoms with Crippen molar-refractivity contribution in [3.8, 4) is 0 Å². The van der Waals surface area contributed by atoms with Gasteiger partial charge in [-0.25, -0.2) is 4.98 Å². The fraction of sp³-hybridized carbons (Fsp3) is 0.200. The third kappa shape index (κ3) is 4.86. The summed E-state index contributed by atoms with van der Waals surface area (Å²) >= 11 is 4.75. The van der Waals surface area contributed by atoms with Crippen molar-refractivity contribution in [2.75, 3.05) is 11.1 Å². The normalized spacial score (nSPS) is 11.1. The number of anilines is 1. The average Bonchev–Trinajstić information content (AvgIpc) is 3.29. The third-order valence-electron chi connectivity index (χ3n) is 4.41. The molecule has 0 saturated heterocycles. The van der Waals surface area contributed by atoms with Crippen molar-refractivity contribution < 1.29 is 4.79 Å². The number of amides is 1. The smallest absolute Gasteiger partial charge is 0.234 e. The van der Waals surface area contributed by atoms with Crippen molar-refractivity contribution in [3.05, 3.63) is 64.7 Å². The van der Waals surface area contributed by atoms with Gasteiger partial charge in [-0.05, 0) is 36.4 Å². The van der Waals surface area contributed by atoms with Gasteiger partial charge in [0.05, 0.1) is 16.8 Å². The zero-order valence-electron chi connectivity index (χ0n) is 15.7. The number of fused-ring (bicyclic) bond motifs is 1. The first-order valence-electron chi connectivity index (χ1n) is 9.08. The maximum absolute atomic E-state index is 12.2. The fourth-order valence-corrected chi connectivity index (χ4v) is 3.90. The quantitative estimate of drug-likeness (QED) is 0.399. The second-order valence-corrected chi connectivity index (χ2v) is 8.36. The average molecular weight is 471 g/mol. The van der Waals surface area contributed by atoms with Gasteiger partial charge in [0.1, 0.15) is 11.6 Å². The Bertz CT molecular complexity index is 1100. The molecule has 0 spiro atoms. The van der Waals surface area contributed by atoms with Gasteiger partial charge in [0.25, 0.3) is 0 Å². The van der Waals surface area contributed by atoms with Gasteiger partial charge in [-0.1, -0.05) is 39.8 Å². The lowest BCUT2D eigenvalue weighted by molar-refractivity contribution is -0.113. The van der Waals surface area contributed by atoms with Crippen LogP contribution in [0.1, 0.15) is 11.6 Å². The summed E-state index contributed by atoms with van der Waals surface area (Å²) in [7, 11) is 1.92. The number of hydrogen-bond acceptors (Lipinski definition) is 5. The van der Waals surface area contributed by atoms with Gasteiger partial charge in [-0.2, -0.15) is 0 Å². The minimum absolute atomic E-state index is 0.0795. The van der Waals surface area contributed by atoms with Crippen LogP contribution in [-0.2, 0) is 24.7 Å². The summed E-state index contributed by atoms with van der Waals surface area (Å²) in [6.07, 6.45) is 1.46. The van der Waals surface area contributed by atoms with E-state index in [4.69, 9.17) is 0 Å². The number of thioether (sulfide) groups is 1. The van der Waals surface area contributed by atoms with Gasteiger partial charge in [0.15, 0.2) is 5.16 Å². The van der Waals surface area contributed by atoms with E-state index < -0.39 is 0 Å². The van der Waals surface area contributed by atoms with Crippen molar-refractivity contribution in [3.63, 3.8) is 0 Å². The Balaban J connectivity index is 1.32. The number of hydrogen-bond donors (Lipinski definition) is 2. The number of nitrogens with one attached hydrogen (secondary N) is 2. The maximum Gasteiger partial charge on any atom is 0.234 e. The highest BCUT2D eigenvalue weighted by molar-refractivity contribution is 9.10. The molecule has 0 atom stereocenters. The zero-order valence-corrected chi connectivity index (χ0v) is 18.1. The lowest BCUT2D eigenvalue weighted by Crippen LogP contribution is -2.14. The molecule has 9 heteroatoms. The molecule has 4 rings (SSSR count). The van der Waals surface area contributed by atoms with Gasteiger partial charge in [-0.3, -0.25) is 4.79 Å². The third-order valence-corrected chi connectivity index (χ3v) is 5.96. The SMILES string of the molecule is Cn1c(CCc2nc3ccccc3[nH]2)nnc1SCC(=O)Nc1ccc(Br)cc1. The Labute approximate surface area is 180 Å². The predicted octanol–water partition coefficient (Wildman–Crippen LogP) is 3.97. The summed E-state index contributed by atoms with van der Waals surface area (Å²) in [6.45, 7) is 0. The minimum Gasteiger partial charge on any atom is -0.342 e. The van der Waals surface area contributed by atoms with Crippen molar-refractivity contribution in [1.29, 1.82) is 0 Å². The number of benzene rings is 2. The second-order valence-electron chi connectivity index (χ2n) is 6.50. The molecule has 148 valence electrons. The van der Waals surface area contributed by atoms with Crippen LogP contribution in [0.25, 0.3) is 11.0 Å². The summed E-state index contributed by atoms with van der Waals surface area (Å²) < 4.78 is 2.90. The largest absolute Gasteiger partial charge is 0.342 e. The molecule has 0 aliphatic carbocycles. The van der Waals surface area contributed by atoms with Crippen LogP contribution in [0.15, 0.2) is 58.2 Å². The number of H-pyrrole nitrogens is 1. The van der Waals surface area contributed by atoms with Crippen LogP contribution >= 0.6 is 27.7 Å². The monoisotopic (exact) mass is 470 g/mol. The molecule has 2 heterocycles. The van der Waals surface area contributed by atoms with Crippen LogP contribution in [0.3, 0.4) is 0 Å². The molecule has 0 aliphatic rings. The highest BCUT2D eigenvalue weighted by atomic mass is 79.9. The molecule has 0 unspecified atom stereocenters. The highest BCUT2D eigenvalue weighted by Crippen LogP contribution is 2.19. The predicted molar refractivity (Wildman–Crippen MR) is 118 cm³/mol. The number of para-hydroxylation sites is 2. The number of halogens is 1. The van der Waals surface area contributed by atoms with Gasteiger partial charge < -0.3 is 14.9 Å². The van der Waals surface area contributed by atoms with E-state index in [-0.39, 0.29) is 11.7 Å². The molecule has 0 fully saturated rings. The number of aromatic amines is 1. The first-order chi connectivity index (χ1) is 14.1. The van der Waals surface area contributed by atoms with Crippen molar-refractivity contribution >= 4 is 50.3 Å². The van der Waals surface area contributed by atoms with Gasteiger partial charge in [0, 0.05) is 30.0 Å². The molecule has 29 heavy (non-hydrogen) atoms. The Morgan fingerprint density at radius 3 is 2.72 bits per heavy atom. The zero-order chi connectivity index (χ0) is 20.2. The highest BCUT2D eigenvalue weighted by Gasteiger charge is 2.12. The summed E-state index contributed by atoms with van der Waals surface area (Å²) in [5.41, 5.74) is 2.77. The standard InChI is InChI=1S/C20H19BrN6OS/c1-27-18(11-10-17-23-15-4-2-3-5-16(15)24-17)25-26-20(27)29-12-19(28)22-14-8-6-13(21)7-9-14/h2-9H,10-12H2,1H3,(H,22,28)(H,23,24). The summed E-state index contributed by atoms with van der Waals surface area (Å²) in [5, 5.41) is 12.1. The molecule has 0 aliphatic heterocycles.